The van der Waals surface area contributed by atoms with Crippen molar-refractivity contribution in [3.8, 4) is 5.69 Å². The van der Waals surface area contributed by atoms with Gasteiger partial charge in [0.25, 0.3) is 0 Å². The normalized spacial score (nSPS) is 26.9. The predicted molar refractivity (Wildman–Crippen MR) is 109 cm³/mol. The van der Waals surface area contributed by atoms with Crippen molar-refractivity contribution in [1.29, 1.82) is 0 Å². The molecule has 1 amide bonds. The van der Waals surface area contributed by atoms with Gasteiger partial charge in [0.05, 0.1) is 11.9 Å². The average molecular weight is 389 g/mol. The van der Waals surface area contributed by atoms with Crippen molar-refractivity contribution >= 4 is 18.3 Å². The lowest BCUT2D eigenvalue weighted by molar-refractivity contribution is -0.127. The van der Waals surface area contributed by atoms with Gasteiger partial charge in [0.1, 0.15) is 0 Å². The van der Waals surface area contributed by atoms with Gasteiger partial charge in [-0.1, -0.05) is 24.6 Å². The van der Waals surface area contributed by atoms with Crippen molar-refractivity contribution in [2.24, 2.45) is 23.5 Å². The van der Waals surface area contributed by atoms with Crippen LogP contribution in [-0.2, 0) is 11.2 Å². The zero-order valence-electron chi connectivity index (χ0n) is 15.6. The van der Waals surface area contributed by atoms with E-state index in [1.165, 1.54) is 19.3 Å². The highest BCUT2D eigenvalue weighted by atomic mass is 35.5. The third-order valence-corrected chi connectivity index (χ3v) is 6.15. The number of carbonyl (C=O) groups excluding carboxylic acids is 1. The number of fused-ring (bicyclic) bond motifs is 2. The van der Waals surface area contributed by atoms with Crippen LogP contribution in [0.1, 0.15) is 37.7 Å². The van der Waals surface area contributed by atoms with Crippen molar-refractivity contribution in [2.45, 2.75) is 44.6 Å². The number of hydrogen-bond donors (Lipinski definition) is 2. The molecule has 5 nitrogen and oxygen atoms in total. The second-order valence-corrected chi connectivity index (χ2v) is 7.87. The molecule has 2 aliphatic carbocycles. The molecule has 4 rings (SSSR count). The van der Waals surface area contributed by atoms with E-state index in [0.717, 1.165) is 30.5 Å². The summed E-state index contributed by atoms with van der Waals surface area (Å²) in [4.78, 5) is 12.6. The smallest absolute Gasteiger partial charge is 0.223 e. The minimum absolute atomic E-state index is 0. The van der Waals surface area contributed by atoms with Gasteiger partial charge < -0.3 is 11.1 Å². The van der Waals surface area contributed by atoms with E-state index in [2.05, 4.69) is 10.4 Å². The largest absolute Gasteiger partial charge is 0.356 e. The molecule has 2 aliphatic rings. The van der Waals surface area contributed by atoms with Crippen LogP contribution in [0.5, 0.6) is 0 Å². The molecule has 1 heterocycles. The van der Waals surface area contributed by atoms with Gasteiger partial charge in [0.15, 0.2) is 0 Å². The summed E-state index contributed by atoms with van der Waals surface area (Å²) in [7, 11) is 0. The molecule has 2 unspecified atom stereocenters. The minimum atomic E-state index is 0. The van der Waals surface area contributed by atoms with Crippen molar-refractivity contribution in [3.05, 3.63) is 48.3 Å². The van der Waals surface area contributed by atoms with Gasteiger partial charge in [-0.05, 0) is 61.6 Å². The Hall–Kier alpha value is -1.85. The third-order valence-electron chi connectivity index (χ3n) is 6.15. The first-order chi connectivity index (χ1) is 12.7. The van der Waals surface area contributed by atoms with Gasteiger partial charge in [-0.25, -0.2) is 4.68 Å². The Morgan fingerprint density at radius 3 is 2.59 bits per heavy atom. The second-order valence-electron chi connectivity index (χ2n) is 7.87. The van der Waals surface area contributed by atoms with Crippen molar-refractivity contribution in [3.63, 3.8) is 0 Å². The molecule has 3 N–H and O–H groups in total. The fraction of sp³-hybridized carbons (Fsp3) is 0.524. The maximum Gasteiger partial charge on any atom is 0.223 e. The van der Waals surface area contributed by atoms with Gasteiger partial charge in [0.2, 0.25) is 5.91 Å². The first kappa shape index (κ1) is 19.9. The Morgan fingerprint density at radius 1 is 1.19 bits per heavy atom. The van der Waals surface area contributed by atoms with Crippen LogP contribution >= 0.6 is 12.4 Å². The van der Waals surface area contributed by atoms with E-state index in [0.29, 0.717) is 24.4 Å². The number of rotatable bonds is 5. The summed E-state index contributed by atoms with van der Waals surface area (Å²) in [6, 6.07) is 10.4. The van der Waals surface area contributed by atoms with E-state index >= 15 is 0 Å². The molecular weight excluding hydrogens is 360 g/mol. The van der Waals surface area contributed by atoms with Crippen LogP contribution in [0.4, 0.5) is 0 Å². The lowest BCUT2D eigenvalue weighted by Crippen LogP contribution is -2.49. The summed E-state index contributed by atoms with van der Waals surface area (Å²) in [5, 5.41) is 7.55. The topological polar surface area (TPSA) is 72.9 Å². The second kappa shape index (κ2) is 8.89. The Labute approximate surface area is 167 Å². The summed E-state index contributed by atoms with van der Waals surface area (Å²) >= 11 is 0. The Balaban J connectivity index is 0.00000210. The number of halogens is 1. The zero-order valence-corrected chi connectivity index (χ0v) is 16.4. The van der Waals surface area contributed by atoms with Gasteiger partial charge in [0, 0.05) is 24.7 Å². The molecule has 0 aliphatic heterocycles. The predicted octanol–water partition coefficient (Wildman–Crippen LogP) is 3.11. The maximum absolute atomic E-state index is 12.6. The molecule has 146 valence electrons. The molecule has 2 aromatic rings. The molecule has 27 heavy (non-hydrogen) atoms. The van der Waals surface area contributed by atoms with Crippen molar-refractivity contribution < 1.29 is 4.79 Å². The Bertz CT molecular complexity index is 734. The third kappa shape index (κ3) is 4.53. The highest BCUT2D eigenvalue weighted by Crippen LogP contribution is 2.41. The summed E-state index contributed by atoms with van der Waals surface area (Å²) in [5.74, 6) is 1.45. The number of carbonyl (C=O) groups is 1. The number of aromatic nitrogens is 2. The molecule has 2 fully saturated rings. The number of hydrogen-bond acceptors (Lipinski definition) is 3. The Kier molecular flexibility index (Phi) is 6.55. The van der Waals surface area contributed by atoms with Crippen molar-refractivity contribution in [1.82, 2.24) is 15.1 Å². The SMILES string of the molecule is Cl.NC1C2CCCC1CC(C(=O)NCCc1cnn(-c3ccccc3)c1)C2. The van der Waals surface area contributed by atoms with E-state index in [4.69, 9.17) is 5.73 Å². The highest BCUT2D eigenvalue weighted by Gasteiger charge is 2.40. The molecule has 2 saturated carbocycles. The van der Waals surface area contributed by atoms with E-state index in [1.54, 1.807) is 0 Å². The number of amides is 1. The molecule has 2 atom stereocenters. The summed E-state index contributed by atoms with van der Waals surface area (Å²) in [6.45, 7) is 0.664. The quantitative estimate of drug-likeness (QED) is 0.826. The summed E-state index contributed by atoms with van der Waals surface area (Å²) in [6.07, 6.45) is 10.3. The molecule has 6 heteroatoms. The number of nitrogens with one attached hydrogen (secondary N) is 1. The molecule has 2 bridgehead atoms. The molecule has 0 radical (unpaired) electrons. The van der Waals surface area contributed by atoms with E-state index in [1.807, 2.05) is 47.4 Å². The number of benzene rings is 1. The van der Waals surface area contributed by atoms with Crippen LogP contribution in [0.2, 0.25) is 0 Å². The molecular formula is C21H29ClN4O. The fourth-order valence-electron chi connectivity index (χ4n) is 4.69. The Morgan fingerprint density at radius 2 is 1.89 bits per heavy atom. The lowest BCUT2D eigenvalue weighted by Gasteiger charge is -2.43. The van der Waals surface area contributed by atoms with Crippen LogP contribution in [0.15, 0.2) is 42.7 Å². The highest BCUT2D eigenvalue weighted by molar-refractivity contribution is 5.85. The van der Waals surface area contributed by atoms with Crippen LogP contribution in [0.25, 0.3) is 5.69 Å². The van der Waals surface area contributed by atoms with Crippen LogP contribution in [0.3, 0.4) is 0 Å². The van der Waals surface area contributed by atoms with Crippen LogP contribution < -0.4 is 11.1 Å². The standard InChI is InChI=1S/C21H28N4O.ClH/c22-20-16-5-4-6-17(20)12-18(11-16)21(26)23-10-9-15-13-24-25(14-15)19-7-2-1-3-8-19;/h1-3,7-8,13-14,16-18,20H,4-6,9-12,22H2,(H,23,26);1H. The minimum Gasteiger partial charge on any atom is -0.356 e. The summed E-state index contributed by atoms with van der Waals surface area (Å²) in [5.41, 5.74) is 8.52. The molecule has 0 saturated heterocycles. The van der Waals surface area contributed by atoms with Crippen LogP contribution in [0, 0.1) is 17.8 Å². The number of nitrogens with zero attached hydrogens (tertiary/aromatic N) is 2. The maximum atomic E-state index is 12.6. The molecule has 1 aromatic heterocycles. The van der Waals surface area contributed by atoms with Gasteiger partial charge in [-0.3, -0.25) is 4.79 Å². The van der Waals surface area contributed by atoms with Crippen molar-refractivity contribution in [2.75, 3.05) is 6.54 Å². The average Bonchev–Trinajstić information content (AvgIpc) is 3.11. The molecule has 0 spiro atoms. The van der Waals surface area contributed by atoms with Gasteiger partial charge in [-0.15, -0.1) is 12.4 Å². The number of nitrogens with two attached hydrogens (primary N) is 1. The molecule has 1 aromatic carbocycles. The number of para-hydroxylation sites is 1. The fourth-order valence-corrected chi connectivity index (χ4v) is 4.69. The summed E-state index contributed by atoms with van der Waals surface area (Å²) < 4.78 is 1.88. The van der Waals surface area contributed by atoms with Gasteiger partial charge >= 0.3 is 0 Å². The monoisotopic (exact) mass is 388 g/mol. The van der Waals surface area contributed by atoms with Gasteiger partial charge in [-0.2, -0.15) is 5.10 Å². The first-order valence-electron chi connectivity index (χ1n) is 9.83. The van der Waals surface area contributed by atoms with Crippen LogP contribution in [-0.4, -0.2) is 28.3 Å². The zero-order chi connectivity index (χ0) is 17.9. The van der Waals surface area contributed by atoms with E-state index in [-0.39, 0.29) is 24.2 Å². The van der Waals surface area contributed by atoms with E-state index in [9.17, 15) is 4.79 Å². The van der Waals surface area contributed by atoms with E-state index < -0.39 is 0 Å². The first-order valence-corrected chi connectivity index (χ1v) is 9.83. The lowest BCUT2D eigenvalue weighted by atomic mass is 9.65.